The van der Waals surface area contributed by atoms with Crippen LogP contribution in [0, 0.1) is 0 Å². The van der Waals surface area contributed by atoms with Gasteiger partial charge in [0, 0.05) is 0 Å². The number of hydrogen-bond donors (Lipinski definition) is 3. The van der Waals surface area contributed by atoms with Crippen molar-refractivity contribution in [3.8, 4) is 0 Å². The molecule has 4 nitrogen and oxygen atoms in total. The van der Waals surface area contributed by atoms with E-state index in [0.29, 0.717) is 0 Å². The zero-order valence-electron chi connectivity index (χ0n) is 4.90. The summed E-state index contributed by atoms with van der Waals surface area (Å²) >= 11 is 0. The second-order valence-electron chi connectivity index (χ2n) is 0.513. The van der Waals surface area contributed by atoms with Crippen molar-refractivity contribution in [3.63, 3.8) is 0 Å². The maximum atomic E-state index is 8.88. The van der Waals surface area contributed by atoms with E-state index in [1.54, 1.807) is 0 Å². The van der Waals surface area contributed by atoms with Crippen LogP contribution in [0.5, 0.6) is 0 Å². The Hall–Kier alpha value is 1.37. The van der Waals surface area contributed by atoms with Gasteiger partial charge < -0.3 is 17.5 Å². The van der Waals surface area contributed by atoms with Crippen LogP contribution in [0.25, 0.3) is 0 Å². The Morgan fingerprint density at radius 1 is 1.29 bits per heavy atom. The number of hydrogen-bond acceptors (Lipinski definition) is 1. The molecule has 0 aromatic rings. The van der Waals surface area contributed by atoms with Crippen molar-refractivity contribution in [1.82, 2.24) is 0 Å². The topological polar surface area (TPSA) is 77.8 Å². The first-order valence-corrected chi connectivity index (χ1v) is 2.35. The molecule has 0 aliphatic heterocycles. The quantitative estimate of drug-likeness (QED) is 0.328. The minimum Gasteiger partial charge on any atom is -1.00 e. The third-order valence-electron chi connectivity index (χ3n) is 0. The van der Waals surface area contributed by atoms with Gasteiger partial charge in [0.15, 0.2) is 0 Å². The van der Waals surface area contributed by atoms with Crippen LogP contribution in [0.3, 0.4) is 0 Å². The van der Waals surface area contributed by atoms with Gasteiger partial charge in [-0.1, -0.05) is 7.43 Å². The van der Waals surface area contributed by atoms with E-state index < -0.39 is 7.82 Å². The third kappa shape index (κ3) is 113. The van der Waals surface area contributed by atoms with Crippen LogP contribution in [0.1, 0.15) is 10.3 Å². The molecule has 0 saturated carbocycles. The predicted octanol–water partition coefficient (Wildman–Crippen LogP) is -0.448. The van der Waals surface area contributed by atoms with Crippen LogP contribution in [0.2, 0.25) is 0 Å². The van der Waals surface area contributed by atoms with Crippen molar-refractivity contribution in [3.05, 3.63) is 0 Å². The molecule has 0 spiro atoms. The zero-order chi connectivity index (χ0) is 4.50. The van der Waals surface area contributed by atoms with Crippen LogP contribution in [0.4, 0.5) is 0 Å². The monoisotopic (exact) mass is 156 g/mol. The average molecular weight is 156 g/mol. The molecule has 0 atom stereocenters. The molecule has 0 saturated heterocycles. The van der Waals surface area contributed by atoms with Gasteiger partial charge in [-0.3, -0.25) is 0 Å². The molecule has 3 N–H and O–H groups in total. The summed E-state index contributed by atoms with van der Waals surface area (Å²) in [4.78, 5) is 21.6. The van der Waals surface area contributed by atoms with Gasteiger partial charge in [0.05, 0.1) is 0 Å². The fourth-order valence-corrected chi connectivity index (χ4v) is 0. The summed E-state index contributed by atoms with van der Waals surface area (Å²) in [5.41, 5.74) is 0. The van der Waals surface area contributed by atoms with E-state index in [-0.39, 0.29) is 48.0 Å². The second-order valence-corrected chi connectivity index (χ2v) is 1.54. The summed E-state index contributed by atoms with van der Waals surface area (Å²) in [6.45, 7) is 0. The molecule has 7 heavy (non-hydrogen) atoms. The number of phosphoric acid groups is 1. The van der Waals surface area contributed by atoms with E-state index in [9.17, 15) is 0 Å². The van der Waals surface area contributed by atoms with E-state index in [2.05, 4.69) is 0 Å². The zero-order valence-corrected chi connectivity index (χ0v) is 6.01. The fourth-order valence-electron chi connectivity index (χ4n) is 0. The van der Waals surface area contributed by atoms with Gasteiger partial charge in [0.2, 0.25) is 0 Å². The van der Waals surface area contributed by atoms with Gasteiger partial charge in [0.1, 0.15) is 0 Å². The Morgan fingerprint density at radius 3 is 1.29 bits per heavy atom. The largest absolute Gasteiger partial charge is 2.00 e. The normalized spacial score (nSPS) is 8.43. The number of rotatable bonds is 0. The van der Waals surface area contributed by atoms with Crippen molar-refractivity contribution >= 4 is 45.6 Å². The molecule has 44 valence electrons. The smallest absolute Gasteiger partial charge is 1.00 e. The van der Waals surface area contributed by atoms with Crippen molar-refractivity contribution in [2.75, 3.05) is 0 Å². The standard InChI is InChI=1S/CH4.Ca.H3O4P.2H/c;;1-5(2,3)4;;/h1H4;;(H3,1,2,3,4);;/q;+2;;2*-1. The molecule has 0 radical (unpaired) electrons. The third-order valence-corrected chi connectivity index (χ3v) is 0. The molecule has 0 amide bonds. The Kier molecular flexibility index (Phi) is 12.4. The van der Waals surface area contributed by atoms with Crippen molar-refractivity contribution in [1.29, 1.82) is 0 Å². The molecule has 0 aromatic carbocycles. The molecular weight excluding hydrogens is 147 g/mol. The van der Waals surface area contributed by atoms with Gasteiger partial charge in [-0.05, 0) is 0 Å². The first-order chi connectivity index (χ1) is 2.00. The van der Waals surface area contributed by atoms with Gasteiger partial charge >= 0.3 is 45.6 Å². The fraction of sp³-hybridized carbons (Fsp3) is 1.00. The summed E-state index contributed by atoms with van der Waals surface area (Å²) in [5, 5.41) is 0. The molecular formula is CH9CaO4P. The molecule has 0 aliphatic carbocycles. The van der Waals surface area contributed by atoms with E-state index >= 15 is 0 Å². The summed E-state index contributed by atoms with van der Waals surface area (Å²) < 4.78 is 8.88. The van der Waals surface area contributed by atoms with Crippen LogP contribution in [-0.2, 0) is 4.57 Å². The summed E-state index contributed by atoms with van der Waals surface area (Å²) in [6.07, 6.45) is 0. The Labute approximate surface area is 74.8 Å². The molecule has 0 aliphatic rings. The summed E-state index contributed by atoms with van der Waals surface area (Å²) in [5.74, 6) is 0. The van der Waals surface area contributed by atoms with Crippen LogP contribution < -0.4 is 0 Å². The minimum atomic E-state index is -4.64. The van der Waals surface area contributed by atoms with Crippen LogP contribution in [-0.4, -0.2) is 52.4 Å². The first-order valence-electron chi connectivity index (χ1n) is 0.783. The first kappa shape index (κ1) is 15.8. The van der Waals surface area contributed by atoms with Gasteiger partial charge in [-0.15, -0.1) is 0 Å². The SMILES string of the molecule is C.O=P(O)(O)O.[Ca+2].[H-].[H-]. The minimum absolute atomic E-state index is 0. The van der Waals surface area contributed by atoms with E-state index in [4.69, 9.17) is 19.2 Å². The Bertz CT molecular complexity index is 64.7. The van der Waals surface area contributed by atoms with Crippen molar-refractivity contribution in [2.24, 2.45) is 0 Å². The Morgan fingerprint density at radius 2 is 1.29 bits per heavy atom. The molecule has 0 heterocycles. The summed E-state index contributed by atoms with van der Waals surface area (Å²) in [7, 11) is -4.64. The molecule has 0 unspecified atom stereocenters. The van der Waals surface area contributed by atoms with Crippen LogP contribution >= 0.6 is 7.82 Å². The maximum absolute atomic E-state index is 8.88. The van der Waals surface area contributed by atoms with E-state index in [1.165, 1.54) is 0 Å². The molecule has 6 heteroatoms. The Balaban J connectivity index is -0.0000000133. The van der Waals surface area contributed by atoms with E-state index in [0.717, 1.165) is 0 Å². The van der Waals surface area contributed by atoms with E-state index in [1.807, 2.05) is 0 Å². The summed E-state index contributed by atoms with van der Waals surface area (Å²) in [6, 6.07) is 0. The predicted molar refractivity (Wildman–Crippen MR) is 29.0 cm³/mol. The molecule has 0 rings (SSSR count). The van der Waals surface area contributed by atoms with Gasteiger partial charge in [-0.2, -0.15) is 0 Å². The van der Waals surface area contributed by atoms with Gasteiger partial charge in [0.25, 0.3) is 0 Å². The average Bonchev–Trinajstić information content (AvgIpc) is 0.722. The molecule has 0 aromatic heterocycles. The van der Waals surface area contributed by atoms with Gasteiger partial charge in [-0.25, -0.2) is 4.57 Å². The molecule has 0 bridgehead atoms. The second kappa shape index (κ2) is 5.51. The maximum Gasteiger partial charge on any atom is 2.00 e. The molecule has 0 fully saturated rings. The van der Waals surface area contributed by atoms with Crippen molar-refractivity contribution in [2.45, 2.75) is 7.43 Å². The van der Waals surface area contributed by atoms with Crippen molar-refractivity contribution < 1.29 is 22.1 Å². The van der Waals surface area contributed by atoms with Crippen LogP contribution in [0.15, 0.2) is 0 Å².